The van der Waals surface area contributed by atoms with E-state index in [-0.39, 0.29) is 0 Å². The first-order valence-corrected chi connectivity index (χ1v) is 9.99. The van der Waals surface area contributed by atoms with E-state index < -0.39 is 0 Å². The molecule has 1 fully saturated rings. The molecule has 0 saturated carbocycles. The van der Waals surface area contributed by atoms with Crippen molar-refractivity contribution in [1.29, 1.82) is 0 Å². The molecule has 1 aliphatic rings. The number of anilines is 1. The molecular formula is C23H24N6. The van der Waals surface area contributed by atoms with Crippen LogP contribution in [-0.2, 0) is 0 Å². The Morgan fingerprint density at radius 3 is 2.28 bits per heavy atom. The molecule has 0 spiro atoms. The number of aromatic nitrogens is 4. The highest BCUT2D eigenvalue weighted by molar-refractivity contribution is 5.90. The summed E-state index contributed by atoms with van der Waals surface area (Å²) >= 11 is 0. The van der Waals surface area contributed by atoms with E-state index in [2.05, 4.69) is 59.1 Å². The van der Waals surface area contributed by atoms with Gasteiger partial charge in [-0.2, -0.15) is 5.10 Å². The van der Waals surface area contributed by atoms with E-state index in [9.17, 15) is 0 Å². The minimum atomic E-state index is 0.878. The Labute approximate surface area is 170 Å². The zero-order chi connectivity index (χ0) is 19.8. The third kappa shape index (κ3) is 3.36. The number of benzene rings is 1. The first kappa shape index (κ1) is 17.8. The summed E-state index contributed by atoms with van der Waals surface area (Å²) in [5.41, 5.74) is 6.27. The van der Waals surface area contributed by atoms with Crippen LogP contribution in [0, 0.1) is 6.92 Å². The molecule has 4 heterocycles. The molecule has 29 heavy (non-hydrogen) atoms. The number of pyridine rings is 1. The smallest absolute Gasteiger partial charge is 0.165 e. The molecule has 0 radical (unpaired) electrons. The Kier molecular flexibility index (Phi) is 4.48. The zero-order valence-corrected chi connectivity index (χ0v) is 16.8. The molecule has 5 rings (SSSR count). The molecule has 6 nitrogen and oxygen atoms in total. The first-order valence-electron chi connectivity index (χ1n) is 9.99. The number of aryl methyl sites for hydroxylation is 1. The summed E-state index contributed by atoms with van der Waals surface area (Å²) in [5.74, 6) is 1.01. The van der Waals surface area contributed by atoms with Crippen molar-refractivity contribution < 1.29 is 0 Å². The van der Waals surface area contributed by atoms with Crippen LogP contribution < -0.4 is 4.90 Å². The molecule has 0 amide bonds. The van der Waals surface area contributed by atoms with Gasteiger partial charge in [0.2, 0.25) is 0 Å². The fraction of sp³-hybridized carbons (Fsp3) is 0.261. The highest BCUT2D eigenvalue weighted by Crippen LogP contribution is 2.35. The van der Waals surface area contributed by atoms with Crippen molar-refractivity contribution in [2.24, 2.45) is 0 Å². The standard InChI is InChI=1S/C23H24N6/c1-17-3-5-19(6-4-17)22-21(18-7-10-24-11-8-18)23-25-20(9-12-29(23)26-22)28-15-13-27(2)14-16-28/h3-12H,13-16H2,1-2H3. The maximum atomic E-state index is 5.05. The summed E-state index contributed by atoms with van der Waals surface area (Å²) in [6.45, 7) is 6.18. The van der Waals surface area contributed by atoms with Crippen molar-refractivity contribution in [2.75, 3.05) is 38.1 Å². The summed E-state index contributed by atoms with van der Waals surface area (Å²) in [6, 6.07) is 14.6. The molecule has 0 atom stereocenters. The molecular weight excluding hydrogens is 360 g/mol. The van der Waals surface area contributed by atoms with Gasteiger partial charge in [0.15, 0.2) is 5.65 Å². The minimum Gasteiger partial charge on any atom is -0.354 e. The van der Waals surface area contributed by atoms with Gasteiger partial charge in [-0.1, -0.05) is 29.8 Å². The van der Waals surface area contributed by atoms with E-state index in [1.54, 1.807) is 0 Å². The third-order valence-corrected chi connectivity index (χ3v) is 5.59. The number of piperazine rings is 1. The fourth-order valence-corrected chi connectivity index (χ4v) is 3.83. The summed E-state index contributed by atoms with van der Waals surface area (Å²) in [7, 11) is 2.17. The molecule has 0 unspecified atom stereocenters. The van der Waals surface area contributed by atoms with Crippen LogP contribution in [0.1, 0.15) is 5.56 Å². The van der Waals surface area contributed by atoms with Crippen LogP contribution in [0.3, 0.4) is 0 Å². The van der Waals surface area contributed by atoms with Gasteiger partial charge in [-0.05, 0) is 37.7 Å². The molecule has 0 aliphatic carbocycles. The Hall–Kier alpha value is -3.25. The highest BCUT2D eigenvalue weighted by atomic mass is 15.3. The molecule has 0 N–H and O–H groups in total. The number of rotatable bonds is 3. The number of likely N-dealkylation sites (N-methyl/N-ethyl adjacent to an activating group) is 1. The molecule has 3 aromatic heterocycles. The molecule has 6 heteroatoms. The highest BCUT2D eigenvalue weighted by Gasteiger charge is 2.20. The Morgan fingerprint density at radius 2 is 1.55 bits per heavy atom. The van der Waals surface area contributed by atoms with Crippen molar-refractivity contribution in [3.63, 3.8) is 0 Å². The van der Waals surface area contributed by atoms with Gasteiger partial charge in [-0.25, -0.2) is 9.50 Å². The zero-order valence-electron chi connectivity index (χ0n) is 16.8. The van der Waals surface area contributed by atoms with E-state index in [4.69, 9.17) is 10.1 Å². The van der Waals surface area contributed by atoms with Gasteiger partial charge in [0.1, 0.15) is 11.5 Å². The third-order valence-electron chi connectivity index (χ3n) is 5.59. The van der Waals surface area contributed by atoms with Gasteiger partial charge in [0, 0.05) is 50.3 Å². The van der Waals surface area contributed by atoms with Crippen molar-refractivity contribution in [3.05, 3.63) is 66.6 Å². The normalized spacial score (nSPS) is 15.2. The van der Waals surface area contributed by atoms with Crippen molar-refractivity contribution in [1.82, 2.24) is 24.5 Å². The van der Waals surface area contributed by atoms with E-state index >= 15 is 0 Å². The van der Waals surface area contributed by atoms with Gasteiger partial charge in [-0.3, -0.25) is 4.98 Å². The van der Waals surface area contributed by atoms with E-state index in [0.717, 1.165) is 60.0 Å². The first-order chi connectivity index (χ1) is 14.2. The van der Waals surface area contributed by atoms with Crippen LogP contribution in [0.15, 0.2) is 61.1 Å². The molecule has 4 aromatic rings. The van der Waals surface area contributed by atoms with Gasteiger partial charge in [-0.15, -0.1) is 0 Å². The average molecular weight is 384 g/mol. The van der Waals surface area contributed by atoms with Crippen LogP contribution in [0.25, 0.3) is 28.0 Å². The van der Waals surface area contributed by atoms with E-state index in [1.807, 2.05) is 35.2 Å². The SMILES string of the molecule is Cc1ccc(-c2nn3ccc(N4CCN(C)CC4)nc3c2-c2ccncc2)cc1. The Morgan fingerprint density at radius 1 is 0.828 bits per heavy atom. The lowest BCUT2D eigenvalue weighted by Gasteiger charge is -2.33. The van der Waals surface area contributed by atoms with Crippen molar-refractivity contribution in [3.8, 4) is 22.4 Å². The second kappa shape index (κ2) is 7.29. The summed E-state index contributed by atoms with van der Waals surface area (Å²) in [6.07, 6.45) is 5.67. The lowest BCUT2D eigenvalue weighted by Crippen LogP contribution is -2.44. The molecule has 1 aliphatic heterocycles. The maximum absolute atomic E-state index is 5.05. The fourth-order valence-electron chi connectivity index (χ4n) is 3.83. The van der Waals surface area contributed by atoms with Crippen molar-refractivity contribution in [2.45, 2.75) is 6.92 Å². The maximum Gasteiger partial charge on any atom is 0.165 e. The molecule has 146 valence electrons. The number of hydrogen-bond donors (Lipinski definition) is 0. The van der Waals surface area contributed by atoms with Gasteiger partial charge >= 0.3 is 0 Å². The average Bonchev–Trinajstić information content (AvgIpc) is 3.14. The monoisotopic (exact) mass is 384 g/mol. The van der Waals surface area contributed by atoms with Crippen LogP contribution in [0.5, 0.6) is 0 Å². The second-order valence-electron chi connectivity index (χ2n) is 7.67. The second-order valence-corrected chi connectivity index (χ2v) is 7.67. The quantitative estimate of drug-likeness (QED) is 0.541. The Balaban J connectivity index is 1.68. The number of fused-ring (bicyclic) bond motifs is 1. The van der Waals surface area contributed by atoms with Gasteiger partial charge in [0.05, 0.1) is 5.56 Å². The van der Waals surface area contributed by atoms with E-state index in [1.165, 1.54) is 5.56 Å². The van der Waals surface area contributed by atoms with Crippen LogP contribution in [0.4, 0.5) is 5.82 Å². The predicted octanol–water partition coefficient (Wildman–Crippen LogP) is 3.52. The summed E-state index contributed by atoms with van der Waals surface area (Å²) in [4.78, 5) is 13.9. The van der Waals surface area contributed by atoms with Gasteiger partial charge in [0.25, 0.3) is 0 Å². The number of nitrogens with zero attached hydrogens (tertiary/aromatic N) is 6. The molecule has 1 saturated heterocycles. The van der Waals surface area contributed by atoms with Crippen LogP contribution >= 0.6 is 0 Å². The lowest BCUT2D eigenvalue weighted by molar-refractivity contribution is 0.312. The van der Waals surface area contributed by atoms with Crippen LogP contribution in [-0.4, -0.2) is 57.7 Å². The minimum absolute atomic E-state index is 0.878. The molecule has 1 aromatic carbocycles. The topological polar surface area (TPSA) is 49.6 Å². The van der Waals surface area contributed by atoms with Crippen LogP contribution in [0.2, 0.25) is 0 Å². The largest absolute Gasteiger partial charge is 0.354 e. The van der Waals surface area contributed by atoms with Crippen molar-refractivity contribution >= 4 is 11.5 Å². The summed E-state index contributed by atoms with van der Waals surface area (Å²) < 4.78 is 1.89. The molecule has 0 bridgehead atoms. The van der Waals surface area contributed by atoms with Gasteiger partial charge < -0.3 is 9.80 Å². The Bertz CT molecular complexity index is 1130. The number of hydrogen-bond acceptors (Lipinski definition) is 5. The van der Waals surface area contributed by atoms with E-state index in [0.29, 0.717) is 0 Å². The summed E-state index contributed by atoms with van der Waals surface area (Å²) in [5, 5.41) is 4.89. The lowest BCUT2D eigenvalue weighted by atomic mass is 10.0. The predicted molar refractivity (Wildman–Crippen MR) is 116 cm³/mol.